The largest absolute Gasteiger partial charge is 0.495 e. The van der Waals surface area contributed by atoms with Crippen molar-refractivity contribution >= 4 is 5.78 Å². The number of aliphatic hydroxyl groups is 1. The summed E-state index contributed by atoms with van der Waals surface area (Å²) in [5.41, 5.74) is 0.736. The highest BCUT2D eigenvalue weighted by atomic mass is 16.5. The molecule has 1 N–H and O–H groups in total. The number of carbonyl (C=O) groups is 1. The molecule has 0 aromatic heterocycles. The quantitative estimate of drug-likeness (QED) is 0.581. The van der Waals surface area contributed by atoms with Crippen LogP contribution in [0.5, 0.6) is 0 Å². The third-order valence-electron chi connectivity index (χ3n) is 2.37. The molecule has 1 aliphatic heterocycles. The Kier molecular flexibility index (Phi) is 1.89. The number of ketones is 1. The second kappa shape index (κ2) is 2.90. The van der Waals surface area contributed by atoms with Crippen molar-refractivity contribution in [1.29, 1.82) is 0 Å². The molecule has 0 bridgehead atoms. The van der Waals surface area contributed by atoms with E-state index >= 15 is 0 Å². The lowest BCUT2D eigenvalue weighted by atomic mass is 9.91. The molecule has 1 unspecified atom stereocenters. The zero-order chi connectivity index (χ0) is 8.55. The lowest BCUT2D eigenvalue weighted by Gasteiger charge is -2.27. The number of hydrogen-bond donors (Lipinski definition) is 1. The predicted octanol–water partition coefficient (Wildman–Crippen LogP) is 0.775. The molecular formula is C9H12O3. The fourth-order valence-corrected chi connectivity index (χ4v) is 1.75. The zero-order valence-corrected chi connectivity index (χ0v) is 6.88. The maximum atomic E-state index is 11.3. The number of hydrogen-bond acceptors (Lipinski definition) is 3. The van der Waals surface area contributed by atoms with Gasteiger partial charge in [0.15, 0.2) is 5.78 Å². The van der Waals surface area contributed by atoms with Crippen molar-refractivity contribution in [2.75, 3.05) is 6.61 Å². The first-order valence-corrected chi connectivity index (χ1v) is 4.33. The topological polar surface area (TPSA) is 46.5 Å². The van der Waals surface area contributed by atoms with Gasteiger partial charge in [-0.3, -0.25) is 4.79 Å². The maximum absolute atomic E-state index is 11.3. The summed E-state index contributed by atoms with van der Waals surface area (Å²) in [7, 11) is 0. The van der Waals surface area contributed by atoms with Gasteiger partial charge in [0.1, 0.15) is 12.4 Å². The fourth-order valence-electron chi connectivity index (χ4n) is 1.75. The molecule has 1 aliphatic carbocycles. The van der Waals surface area contributed by atoms with Crippen molar-refractivity contribution in [1.82, 2.24) is 0 Å². The molecule has 0 spiro atoms. The summed E-state index contributed by atoms with van der Waals surface area (Å²) in [4.78, 5) is 11.3. The monoisotopic (exact) mass is 168 g/mol. The predicted molar refractivity (Wildman–Crippen MR) is 42.5 cm³/mol. The van der Waals surface area contributed by atoms with Gasteiger partial charge in [-0.15, -0.1) is 0 Å². The number of Topliss-reactive ketones (excluding diaryl/α,β-unsaturated/α-hetero) is 1. The summed E-state index contributed by atoms with van der Waals surface area (Å²) >= 11 is 0. The second-order valence-electron chi connectivity index (χ2n) is 3.35. The van der Waals surface area contributed by atoms with Gasteiger partial charge in [-0.05, 0) is 6.42 Å². The summed E-state index contributed by atoms with van der Waals surface area (Å²) in [6.07, 6.45) is 2.40. The molecule has 0 saturated carbocycles. The Hall–Kier alpha value is -0.830. The molecule has 0 saturated heterocycles. The number of aliphatic hydroxyl groups excluding tert-OH is 1. The molecule has 0 aromatic carbocycles. The highest BCUT2D eigenvalue weighted by Crippen LogP contribution is 2.29. The van der Waals surface area contributed by atoms with E-state index in [-0.39, 0.29) is 5.78 Å². The van der Waals surface area contributed by atoms with Gasteiger partial charge in [0.25, 0.3) is 0 Å². The van der Waals surface area contributed by atoms with Crippen LogP contribution in [0.4, 0.5) is 0 Å². The van der Waals surface area contributed by atoms with Crippen molar-refractivity contribution < 1.29 is 14.6 Å². The van der Waals surface area contributed by atoms with Gasteiger partial charge in [0, 0.05) is 24.8 Å². The Balaban J connectivity index is 2.25. The Morgan fingerprint density at radius 3 is 3.08 bits per heavy atom. The maximum Gasteiger partial charge on any atom is 0.162 e. The van der Waals surface area contributed by atoms with Gasteiger partial charge < -0.3 is 9.84 Å². The molecule has 2 rings (SSSR count). The van der Waals surface area contributed by atoms with E-state index in [1.54, 1.807) is 0 Å². The average Bonchev–Trinajstić information content (AvgIpc) is 2.07. The van der Waals surface area contributed by atoms with Crippen molar-refractivity contribution in [2.24, 2.45) is 0 Å². The highest BCUT2D eigenvalue weighted by Gasteiger charge is 2.27. The molecule has 0 aromatic rings. The number of ether oxygens (including phenoxy) is 1. The van der Waals surface area contributed by atoms with Crippen LogP contribution in [0.15, 0.2) is 11.3 Å². The minimum Gasteiger partial charge on any atom is -0.495 e. The molecule has 3 heteroatoms. The number of rotatable bonds is 0. The highest BCUT2D eigenvalue weighted by molar-refractivity contribution is 5.96. The van der Waals surface area contributed by atoms with Crippen LogP contribution >= 0.6 is 0 Å². The van der Waals surface area contributed by atoms with Crippen LogP contribution < -0.4 is 0 Å². The van der Waals surface area contributed by atoms with Gasteiger partial charge >= 0.3 is 0 Å². The van der Waals surface area contributed by atoms with Crippen LogP contribution in [0.2, 0.25) is 0 Å². The van der Waals surface area contributed by atoms with Crippen LogP contribution in [0.3, 0.4) is 0 Å². The molecule has 3 nitrogen and oxygen atoms in total. The molecule has 0 amide bonds. The first kappa shape index (κ1) is 7.80. The van der Waals surface area contributed by atoms with Gasteiger partial charge in [-0.2, -0.15) is 0 Å². The third kappa shape index (κ3) is 1.25. The average molecular weight is 168 g/mol. The summed E-state index contributed by atoms with van der Waals surface area (Å²) in [5, 5.41) is 9.25. The Labute approximate surface area is 71.0 Å². The lowest BCUT2D eigenvalue weighted by Crippen LogP contribution is -2.27. The van der Waals surface area contributed by atoms with E-state index in [0.29, 0.717) is 19.4 Å². The van der Waals surface area contributed by atoms with Gasteiger partial charge in [-0.1, -0.05) is 0 Å². The third-order valence-corrected chi connectivity index (χ3v) is 2.37. The van der Waals surface area contributed by atoms with E-state index in [2.05, 4.69) is 0 Å². The van der Waals surface area contributed by atoms with Crippen LogP contribution in [0.1, 0.15) is 25.7 Å². The SMILES string of the molecule is O=C1CCCC2=C1CC(O)CO2. The molecular weight excluding hydrogens is 156 g/mol. The summed E-state index contributed by atoms with van der Waals surface area (Å²) in [6, 6.07) is 0. The van der Waals surface area contributed by atoms with E-state index in [1.165, 1.54) is 0 Å². The van der Waals surface area contributed by atoms with Gasteiger partial charge in [0.05, 0.1) is 6.10 Å². The normalized spacial score (nSPS) is 29.8. The van der Waals surface area contributed by atoms with Crippen LogP contribution in [0.25, 0.3) is 0 Å². The summed E-state index contributed by atoms with van der Waals surface area (Å²) in [5.74, 6) is 0.992. The molecule has 1 heterocycles. The first-order valence-electron chi connectivity index (χ1n) is 4.33. The molecule has 12 heavy (non-hydrogen) atoms. The first-order chi connectivity index (χ1) is 5.77. The Bertz CT molecular complexity index is 242. The fraction of sp³-hybridized carbons (Fsp3) is 0.667. The van der Waals surface area contributed by atoms with Crippen molar-refractivity contribution in [2.45, 2.75) is 31.8 Å². The molecule has 1 atom stereocenters. The minimum atomic E-state index is -0.481. The van der Waals surface area contributed by atoms with Crippen molar-refractivity contribution in [3.63, 3.8) is 0 Å². The van der Waals surface area contributed by atoms with E-state index in [4.69, 9.17) is 4.74 Å². The Morgan fingerprint density at radius 2 is 2.25 bits per heavy atom. The van der Waals surface area contributed by atoms with Gasteiger partial charge in [0.2, 0.25) is 0 Å². The lowest BCUT2D eigenvalue weighted by molar-refractivity contribution is -0.117. The van der Waals surface area contributed by atoms with E-state index in [0.717, 1.165) is 24.2 Å². The smallest absolute Gasteiger partial charge is 0.162 e. The molecule has 0 fully saturated rings. The molecule has 66 valence electrons. The molecule has 2 aliphatic rings. The summed E-state index contributed by atoms with van der Waals surface area (Å²) in [6.45, 7) is 0.353. The minimum absolute atomic E-state index is 0.162. The van der Waals surface area contributed by atoms with Crippen LogP contribution in [-0.4, -0.2) is 23.6 Å². The Morgan fingerprint density at radius 1 is 1.42 bits per heavy atom. The van der Waals surface area contributed by atoms with E-state index < -0.39 is 6.10 Å². The number of carbonyl (C=O) groups excluding carboxylic acids is 1. The second-order valence-corrected chi connectivity index (χ2v) is 3.35. The zero-order valence-electron chi connectivity index (χ0n) is 6.88. The van der Waals surface area contributed by atoms with E-state index in [1.807, 2.05) is 0 Å². The van der Waals surface area contributed by atoms with Crippen LogP contribution in [-0.2, 0) is 9.53 Å². The summed E-state index contributed by atoms with van der Waals surface area (Å²) < 4.78 is 5.27. The standard InChI is InChI=1S/C9H12O3/c10-6-4-7-8(11)2-1-3-9(7)12-5-6/h6,10H,1-5H2. The van der Waals surface area contributed by atoms with Crippen molar-refractivity contribution in [3.8, 4) is 0 Å². The van der Waals surface area contributed by atoms with E-state index in [9.17, 15) is 9.90 Å². The van der Waals surface area contributed by atoms with Crippen LogP contribution in [0, 0.1) is 0 Å². The molecule has 0 radical (unpaired) electrons. The van der Waals surface area contributed by atoms with Crippen molar-refractivity contribution in [3.05, 3.63) is 11.3 Å². The van der Waals surface area contributed by atoms with Gasteiger partial charge in [-0.25, -0.2) is 0 Å². The number of allylic oxidation sites excluding steroid dienone is 1.